The Bertz CT molecular complexity index is 106. The predicted molar refractivity (Wildman–Crippen MR) is 47.4 cm³/mol. The number of halogens is 2. The van der Waals surface area contributed by atoms with Crippen LogP contribution in [0.25, 0.3) is 0 Å². The van der Waals surface area contributed by atoms with E-state index >= 15 is 0 Å². The van der Waals surface area contributed by atoms with Gasteiger partial charge in [0.25, 0.3) is 0 Å². The van der Waals surface area contributed by atoms with Crippen molar-refractivity contribution in [3.8, 4) is 0 Å². The van der Waals surface area contributed by atoms with E-state index in [2.05, 4.69) is 5.32 Å². The Morgan fingerprint density at radius 3 is 2.09 bits per heavy atom. The third-order valence-electron chi connectivity index (χ3n) is 1.65. The van der Waals surface area contributed by atoms with Gasteiger partial charge >= 0.3 is 0 Å². The topological polar surface area (TPSA) is 78.5 Å². The first kappa shape index (κ1) is 14.0. The van der Waals surface area contributed by atoms with Gasteiger partial charge < -0.3 is 21.3 Å². The number of β-amino-alcohol motifs (C(OH)–C–C–N with tert-alkyl or cyclic N) is 1. The molecule has 11 heavy (non-hydrogen) atoms. The lowest BCUT2D eigenvalue weighted by Gasteiger charge is -2.12. The number of aliphatic hydroxyl groups is 2. The molecular weight excluding hydrogens is 191 g/mol. The van der Waals surface area contributed by atoms with Gasteiger partial charge in [-0.3, -0.25) is 0 Å². The van der Waals surface area contributed by atoms with Crippen LogP contribution in [0.3, 0.4) is 0 Å². The number of nitrogens with one attached hydrogen (secondary N) is 1. The van der Waals surface area contributed by atoms with Crippen LogP contribution in [0.1, 0.15) is 0 Å². The largest absolute Gasteiger partial charge is 0.389 e. The zero-order valence-corrected chi connectivity index (χ0v) is 7.57. The molecule has 1 heterocycles. The molecule has 0 aromatic carbocycles. The Morgan fingerprint density at radius 2 is 1.91 bits per heavy atom. The number of hydrogen-bond donors (Lipinski definition) is 4. The third-order valence-corrected chi connectivity index (χ3v) is 1.65. The molecule has 1 aliphatic rings. The number of aliphatic hydroxyl groups excluding tert-OH is 2. The van der Waals surface area contributed by atoms with Crippen molar-refractivity contribution in [2.24, 2.45) is 5.73 Å². The van der Waals surface area contributed by atoms with Gasteiger partial charge in [-0.25, -0.2) is 0 Å². The summed E-state index contributed by atoms with van der Waals surface area (Å²) in [6, 6.07) is -0.125. The van der Waals surface area contributed by atoms with Gasteiger partial charge in [0.1, 0.15) is 0 Å². The van der Waals surface area contributed by atoms with Crippen molar-refractivity contribution in [2.45, 2.75) is 18.2 Å². The van der Waals surface area contributed by atoms with Gasteiger partial charge in [-0.15, -0.1) is 24.8 Å². The number of rotatable bonds is 1. The van der Waals surface area contributed by atoms with Crippen molar-refractivity contribution in [1.82, 2.24) is 5.32 Å². The highest BCUT2D eigenvalue weighted by Gasteiger charge is 2.31. The smallest absolute Gasteiger partial charge is 0.0976 e. The highest BCUT2D eigenvalue weighted by molar-refractivity contribution is 5.85. The molecule has 5 N–H and O–H groups in total. The molecule has 1 saturated heterocycles. The van der Waals surface area contributed by atoms with Crippen LogP contribution in [-0.4, -0.2) is 41.6 Å². The molecule has 1 aliphatic heterocycles. The minimum Gasteiger partial charge on any atom is -0.389 e. The van der Waals surface area contributed by atoms with E-state index in [0.29, 0.717) is 13.1 Å². The maximum absolute atomic E-state index is 9.06. The molecule has 0 unspecified atom stereocenters. The zero-order valence-electron chi connectivity index (χ0n) is 5.93. The molecule has 0 saturated carbocycles. The van der Waals surface area contributed by atoms with Gasteiger partial charge in [-0.2, -0.15) is 0 Å². The Morgan fingerprint density at radius 1 is 1.36 bits per heavy atom. The zero-order chi connectivity index (χ0) is 6.85. The second kappa shape index (κ2) is 5.99. The molecule has 1 fully saturated rings. The van der Waals surface area contributed by atoms with Gasteiger partial charge in [0.2, 0.25) is 0 Å². The Labute approximate surface area is 78.0 Å². The molecule has 1 rings (SSSR count). The molecule has 0 radical (unpaired) electrons. The van der Waals surface area contributed by atoms with Gasteiger partial charge in [0, 0.05) is 19.1 Å². The van der Waals surface area contributed by atoms with Crippen molar-refractivity contribution < 1.29 is 10.2 Å². The molecule has 0 aromatic heterocycles. The van der Waals surface area contributed by atoms with E-state index < -0.39 is 12.2 Å². The Hall–Kier alpha value is 0.420. The molecular formula is C5H14Cl2N2O2. The third kappa shape index (κ3) is 3.11. The Balaban J connectivity index is 0. The fourth-order valence-electron chi connectivity index (χ4n) is 1.00. The summed E-state index contributed by atoms with van der Waals surface area (Å²) in [5, 5.41) is 20.9. The first-order chi connectivity index (χ1) is 4.25. The second-order valence-corrected chi connectivity index (χ2v) is 2.31. The summed E-state index contributed by atoms with van der Waals surface area (Å²) < 4.78 is 0. The fourth-order valence-corrected chi connectivity index (χ4v) is 1.00. The van der Waals surface area contributed by atoms with Gasteiger partial charge in [0.05, 0.1) is 12.2 Å². The van der Waals surface area contributed by atoms with Crippen LogP contribution in [0, 0.1) is 0 Å². The lowest BCUT2D eigenvalue weighted by atomic mass is 10.1. The van der Waals surface area contributed by atoms with E-state index in [1.54, 1.807) is 0 Å². The molecule has 4 nitrogen and oxygen atoms in total. The summed E-state index contributed by atoms with van der Waals surface area (Å²) in [4.78, 5) is 0. The molecule has 0 bridgehead atoms. The standard InChI is InChI=1S/C5H12N2O2.2ClH/c6-1-3-5(9)4(8)2-7-3;;/h3-5,7-9H,1-2,6H2;2*1H/t3-,4+,5+;;/m1../s1. The molecule has 0 spiro atoms. The lowest BCUT2D eigenvalue weighted by Crippen LogP contribution is -2.39. The van der Waals surface area contributed by atoms with Crippen LogP contribution in [0.5, 0.6) is 0 Å². The van der Waals surface area contributed by atoms with E-state index in [9.17, 15) is 0 Å². The summed E-state index contributed by atoms with van der Waals surface area (Å²) in [5.74, 6) is 0. The van der Waals surface area contributed by atoms with Crippen molar-refractivity contribution >= 4 is 24.8 Å². The van der Waals surface area contributed by atoms with Crippen molar-refractivity contribution in [1.29, 1.82) is 0 Å². The minimum absolute atomic E-state index is 0. The molecule has 3 atom stereocenters. The van der Waals surface area contributed by atoms with Crippen molar-refractivity contribution in [2.75, 3.05) is 13.1 Å². The number of hydrogen-bond acceptors (Lipinski definition) is 4. The average molecular weight is 205 g/mol. The normalized spacial score (nSPS) is 35.7. The van der Waals surface area contributed by atoms with E-state index in [-0.39, 0.29) is 30.9 Å². The van der Waals surface area contributed by atoms with Crippen LogP contribution in [0.15, 0.2) is 0 Å². The molecule has 6 heteroatoms. The van der Waals surface area contributed by atoms with Crippen LogP contribution in [0.4, 0.5) is 0 Å². The lowest BCUT2D eigenvalue weighted by molar-refractivity contribution is 0.0421. The van der Waals surface area contributed by atoms with Crippen LogP contribution < -0.4 is 11.1 Å². The van der Waals surface area contributed by atoms with Gasteiger partial charge in [-0.05, 0) is 0 Å². The average Bonchev–Trinajstić information content (AvgIpc) is 2.15. The molecule has 70 valence electrons. The maximum atomic E-state index is 9.06. The molecule has 0 amide bonds. The van der Waals surface area contributed by atoms with Crippen LogP contribution in [0.2, 0.25) is 0 Å². The predicted octanol–water partition coefficient (Wildman–Crippen LogP) is -1.52. The summed E-state index contributed by atoms with van der Waals surface area (Å²) in [6.07, 6.45) is -1.33. The summed E-state index contributed by atoms with van der Waals surface area (Å²) in [6.45, 7) is 0.821. The first-order valence-corrected chi connectivity index (χ1v) is 3.05. The van der Waals surface area contributed by atoms with Crippen LogP contribution >= 0.6 is 24.8 Å². The van der Waals surface area contributed by atoms with E-state index in [0.717, 1.165) is 0 Å². The highest BCUT2D eigenvalue weighted by Crippen LogP contribution is 2.05. The van der Waals surface area contributed by atoms with Crippen LogP contribution in [-0.2, 0) is 0 Å². The second-order valence-electron chi connectivity index (χ2n) is 2.31. The summed E-state index contributed by atoms with van der Waals surface area (Å²) in [7, 11) is 0. The van der Waals surface area contributed by atoms with Gasteiger partial charge in [0.15, 0.2) is 0 Å². The highest BCUT2D eigenvalue weighted by atomic mass is 35.5. The SMILES string of the molecule is Cl.Cl.NC[C@H]1NC[C@H](O)[C@H]1O. The van der Waals surface area contributed by atoms with E-state index in [1.165, 1.54) is 0 Å². The fraction of sp³-hybridized carbons (Fsp3) is 1.00. The van der Waals surface area contributed by atoms with Crippen molar-refractivity contribution in [3.05, 3.63) is 0 Å². The maximum Gasteiger partial charge on any atom is 0.0976 e. The van der Waals surface area contributed by atoms with E-state index in [4.69, 9.17) is 15.9 Å². The number of nitrogens with two attached hydrogens (primary N) is 1. The summed E-state index contributed by atoms with van der Waals surface area (Å²) >= 11 is 0. The molecule has 0 aromatic rings. The monoisotopic (exact) mass is 204 g/mol. The minimum atomic E-state index is -0.685. The van der Waals surface area contributed by atoms with E-state index in [1.807, 2.05) is 0 Å². The van der Waals surface area contributed by atoms with Crippen molar-refractivity contribution in [3.63, 3.8) is 0 Å². The molecule has 0 aliphatic carbocycles. The Kier molecular flexibility index (Phi) is 7.61. The quantitative estimate of drug-likeness (QED) is 0.419. The summed E-state index contributed by atoms with van der Waals surface area (Å²) in [5.41, 5.74) is 5.25. The first-order valence-electron chi connectivity index (χ1n) is 3.05. The van der Waals surface area contributed by atoms with Gasteiger partial charge in [-0.1, -0.05) is 0 Å².